The van der Waals surface area contributed by atoms with Crippen LogP contribution in [0, 0.1) is 5.92 Å². The fourth-order valence-corrected chi connectivity index (χ4v) is 2.52. The summed E-state index contributed by atoms with van der Waals surface area (Å²) in [5, 5.41) is 3.37. The highest BCUT2D eigenvalue weighted by atomic mass is 16.1. The molecule has 0 unspecified atom stereocenters. The van der Waals surface area contributed by atoms with Gasteiger partial charge in [-0.1, -0.05) is 19.3 Å². The molecule has 2 rings (SSSR count). The van der Waals surface area contributed by atoms with Crippen molar-refractivity contribution in [3.8, 4) is 0 Å². The molecule has 0 aliphatic heterocycles. The molecule has 5 heteroatoms. The maximum atomic E-state index is 11.0. The average Bonchev–Trinajstić information content (AvgIpc) is 2.49. The number of benzene rings is 1. The lowest BCUT2D eigenvalue weighted by molar-refractivity contribution is 0.100. The molecule has 1 aromatic carbocycles. The van der Waals surface area contributed by atoms with E-state index in [-0.39, 0.29) is 0 Å². The number of nitrogen functional groups attached to an aromatic ring is 1. The van der Waals surface area contributed by atoms with Crippen LogP contribution in [0.3, 0.4) is 0 Å². The molecular weight excluding hydrogens is 252 g/mol. The maximum absolute atomic E-state index is 11.0. The Bertz CT molecular complexity index is 428. The second-order valence-corrected chi connectivity index (χ2v) is 5.05. The van der Waals surface area contributed by atoms with E-state index in [1.54, 1.807) is 12.1 Å². The summed E-state index contributed by atoms with van der Waals surface area (Å²) < 4.78 is 0. The second kappa shape index (κ2) is 8.43. The SMILES string of the molecule is CN.NC(=O)c1ccc(NCC2CCCCC2)c(N)c1. The van der Waals surface area contributed by atoms with E-state index in [2.05, 4.69) is 11.1 Å². The fraction of sp³-hybridized carbons (Fsp3) is 0.533. The molecule has 0 aromatic heterocycles. The summed E-state index contributed by atoms with van der Waals surface area (Å²) in [6.07, 6.45) is 6.63. The summed E-state index contributed by atoms with van der Waals surface area (Å²) in [5.74, 6) is 0.300. The van der Waals surface area contributed by atoms with Gasteiger partial charge in [0.05, 0.1) is 11.4 Å². The lowest BCUT2D eigenvalue weighted by Gasteiger charge is -2.22. The number of amides is 1. The summed E-state index contributed by atoms with van der Waals surface area (Å²) in [5.41, 5.74) is 17.5. The van der Waals surface area contributed by atoms with E-state index in [4.69, 9.17) is 11.5 Å². The molecule has 0 bridgehead atoms. The zero-order chi connectivity index (χ0) is 15.0. The Morgan fingerprint density at radius 2 is 1.90 bits per heavy atom. The largest absolute Gasteiger partial charge is 0.397 e. The van der Waals surface area contributed by atoms with Gasteiger partial charge >= 0.3 is 0 Å². The first-order chi connectivity index (χ1) is 9.66. The minimum absolute atomic E-state index is 0.444. The zero-order valence-corrected chi connectivity index (χ0v) is 12.2. The fourth-order valence-electron chi connectivity index (χ4n) is 2.52. The van der Waals surface area contributed by atoms with Crippen LogP contribution in [-0.2, 0) is 0 Å². The molecule has 112 valence electrons. The molecule has 1 aliphatic carbocycles. The molecule has 5 nitrogen and oxygen atoms in total. The van der Waals surface area contributed by atoms with Gasteiger partial charge in [0.15, 0.2) is 0 Å². The second-order valence-electron chi connectivity index (χ2n) is 5.05. The zero-order valence-electron chi connectivity index (χ0n) is 12.2. The third kappa shape index (κ3) is 4.74. The number of nitrogens with one attached hydrogen (secondary N) is 1. The molecule has 0 saturated heterocycles. The van der Waals surface area contributed by atoms with Crippen molar-refractivity contribution >= 4 is 17.3 Å². The monoisotopic (exact) mass is 278 g/mol. The first kappa shape index (κ1) is 16.3. The molecule has 7 N–H and O–H groups in total. The van der Waals surface area contributed by atoms with Crippen molar-refractivity contribution in [3.63, 3.8) is 0 Å². The Labute approximate surface area is 120 Å². The molecule has 1 saturated carbocycles. The molecule has 1 fully saturated rings. The number of primary amides is 1. The highest BCUT2D eigenvalue weighted by molar-refractivity contribution is 5.94. The highest BCUT2D eigenvalue weighted by Gasteiger charge is 2.13. The summed E-state index contributed by atoms with van der Waals surface area (Å²) in [6, 6.07) is 5.17. The van der Waals surface area contributed by atoms with E-state index in [0.29, 0.717) is 11.3 Å². The molecule has 0 atom stereocenters. The molecule has 20 heavy (non-hydrogen) atoms. The van der Waals surface area contributed by atoms with Crippen LogP contribution in [0.1, 0.15) is 42.5 Å². The molecule has 1 aliphatic rings. The van der Waals surface area contributed by atoms with Crippen molar-refractivity contribution in [2.75, 3.05) is 24.6 Å². The third-order valence-electron chi connectivity index (χ3n) is 3.64. The van der Waals surface area contributed by atoms with Gasteiger partial charge in [0.25, 0.3) is 0 Å². The van der Waals surface area contributed by atoms with Gasteiger partial charge in [-0.2, -0.15) is 0 Å². The summed E-state index contributed by atoms with van der Waals surface area (Å²) in [6.45, 7) is 0.958. The smallest absolute Gasteiger partial charge is 0.248 e. The van der Waals surface area contributed by atoms with Crippen molar-refractivity contribution in [2.24, 2.45) is 17.4 Å². The van der Waals surface area contributed by atoms with Crippen LogP contribution in [-0.4, -0.2) is 19.5 Å². The Morgan fingerprint density at radius 1 is 1.25 bits per heavy atom. The summed E-state index contributed by atoms with van der Waals surface area (Å²) in [7, 11) is 1.50. The maximum Gasteiger partial charge on any atom is 0.248 e. The number of carbonyl (C=O) groups is 1. The van der Waals surface area contributed by atoms with Crippen molar-refractivity contribution in [3.05, 3.63) is 23.8 Å². The van der Waals surface area contributed by atoms with Crippen molar-refractivity contribution in [1.82, 2.24) is 0 Å². The molecule has 0 spiro atoms. The van der Waals surface area contributed by atoms with E-state index in [1.807, 2.05) is 6.07 Å². The summed E-state index contributed by atoms with van der Waals surface area (Å²) in [4.78, 5) is 11.0. The molecule has 1 amide bonds. The number of anilines is 2. The van der Waals surface area contributed by atoms with E-state index in [0.717, 1.165) is 18.2 Å². The van der Waals surface area contributed by atoms with E-state index < -0.39 is 5.91 Å². The lowest BCUT2D eigenvalue weighted by Crippen LogP contribution is -2.18. The number of nitrogens with two attached hydrogens (primary N) is 3. The topological polar surface area (TPSA) is 107 Å². The van der Waals surface area contributed by atoms with E-state index in [9.17, 15) is 4.79 Å². The Balaban J connectivity index is 0.000000956. The quantitative estimate of drug-likeness (QED) is 0.631. The Kier molecular flexibility index (Phi) is 6.87. The van der Waals surface area contributed by atoms with E-state index in [1.165, 1.54) is 39.2 Å². The van der Waals surface area contributed by atoms with Gasteiger partial charge in [-0.25, -0.2) is 0 Å². The first-order valence-corrected chi connectivity index (χ1v) is 7.18. The van der Waals surface area contributed by atoms with Gasteiger partial charge in [0.1, 0.15) is 0 Å². The predicted octanol–water partition coefficient (Wildman–Crippen LogP) is 1.93. The summed E-state index contributed by atoms with van der Waals surface area (Å²) >= 11 is 0. The van der Waals surface area contributed by atoms with Gasteiger partial charge in [0, 0.05) is 12.1 Å². The van der Waals surface area contributed by atoms with E-state index >= 15 is 0 Å². The number of hydrogen-bond acceptors (Lipinski definition) is 4. The van der Waals surface area contributed by atoms with Crippen molar-refractivity contribution in [2.45, 2.75) is 32.1 Å². The van der Waals surface area contributed by atoms with Crippen LogP contribution < -0.4 is 22.5 Å². The van der Waals surface area contributed by atoms with Crippen LogP contribution in [0.2, 0.25) is 0 Å². The standard InChI is InChI=1S/C14H21N3O.CH5N/c15-12-8-11(14(16)18)6-7-13(12)17-9-10-4-2-1-3-5-10;1-2/h6-8,10,17H,1-5,9,15H2,(H2,16,18);2H2,1H3. The third-order valence-corrected chi connectivity index (χ3v) is 3.64. The van der Waals surface area contributed by atoms with Crippen molar-refractivity contribution < 1.29 is 4.79 Å². The van der Waals surface area contributed by atoms with Crippen LogP contribution in [0.15, 0.2) is 18.2 Å². The highest BCUT2D eigenvalue weighted by Crippen LogP contribution is 2.25. The van der Waals surface area contributed by atoms with Gasteiger partial charge in [0.2, 0.25) is 5.91 Å². The van der Waals surface area contributed by atoms with Crippen LogP contribution in [0.5, 0.6) is 0 Å². The van der Waals surface area contributed by atoms with Crippen molar-refractivity contribution in [1.29, 1.82) is 0 Å². The van der Waals surface area contributed by atoms with Crippen LogP contribution in [0.4, 0.5) is 11.4 Å². The Hall–Kier alpha value is -1.75. The molecule has 0 radical (unpaired) electrons. The number of hydrogen-bond donors (Lipinski definition) is 4. The number of rotatable bonds is 4. The predicted molar refractivity (Wildman–Crippen MR) is 84.5 cm³/mol. The molecule has 1 aromatic rings. The van der Waals surface area contributed by atoms with Crippen LogP contribution in [0.25, 0.3) is 0 Å². The van der Waals surface area contributed by atoms with Gasteiger partial charge in [-0.3, -0.25) is 4.79 Å². The van der Waals surface area contributed by atoms with Gasteiger partial charge < -0.3 is 22.5 Å². The Morgan fingerprint density at radius 3 is 2.45 bits per heavy atom. The molecule has 0 heterocycles. The van der Waals surface area contributed by atoms with Gasteiger partial charge in [-0.05, 0) is 44.0 Å². The lowest BCUT2D eigenvalue weighted by atomic mass is 9.89. The van der Waals surface area contributed by atoms with Crippen LogP contribution >= 0.6 is 0 Å². The average molecular weight is 278 g/mol. The normalized spacial score (nSPS) is 15.1. The number of carbonyl (C=O) groups excluding carboxylic acids is 1. The minimum Gasteiger partial charge on any atom is -0.397 e. The minimum atomic E-state index is -0.444. The first-order valence-electron chi connectivity index (χ1n) is 7.18. The molecular formula is C15H26N4O. The van der Waals surface area contributed by atoms with Gasteiger partial charge in [-0.15, -0.1) is 0 Å².